The number of methoxy groups -OCH3 is 1. The summed E-state index contributed by atoms with van der Waals surface area (Å²) in [4.78, 5) is 10.9. The molecule has 0 fully saturated rings. The van der Waals surface area contributed by atoms with Gasteiger partial charge in [-0.3, -0.25) is 0 Å². The number of rotatable bonds is 3. The first-order chi connectivity index (χ1) is 8.61. The van der Waals surface area contributed by atoms with Gasteiger partial charge in [0.2, 0.25) is 0 Å². The molecule has 2 rings (SSSR count). The van der Waals surface area contributed by atoms with Crippen LogP contribution in [0, 0.1) is 5.82 Å². The molecule has 0 heterocycles. The van der Waals surface area contributed by atoms with Crippen LogP contribution in [-0.2, 0) is 0 Å². The van der Waals surface area contributed by atoms with E-state index in [0.717, 1.165) is 6.07 Å². The van der Waals surface area contributed by atoms with Crippen LogP contribution in [0.5, 0.6) is 5.75 Å². The minimum atomic E-state index is -1.16. The summed E-state index contributed by atoms with van der Waals surface area (Å²) in [5, 5.41) is 8.91. The molecule has 2 aromatic rings. The van der Waals surface area contributed by atoms with Crippen molar-refractivity contribution in [2.24, 2.45) is 0 Å². The Balaban J connectivity index is 2.60. The van der Waals surface area contributed by atoms with Crippen LogP contribution >= 0.6 is 0 Å². The van der Waals surface area contributed by atoms with E-state index in [1.807, 2.05) is 0 Å². The monoisotopic (exact) mass is 246 g/mol. The van der Waals surface area contributed by atoms with Crippen LogP contribution in [0.25, 0.3) is 11.1 Å². The molecule has 4 heteroatoms. The third-order valence-electron chi connectivity index (χ3n) is 2.56. The first kappa shape index (κ1) is 12.1. The number of hydrogen-bond donors (Lipinski definition) is 1. The van der Waals surface area contributed by atoms with Gasteiger partial charge in [-0.1, -0.05) is 18.2 Å². The maximum atomic E-state index is 13.4. The number of para-hydroxylation sites is 1. The van der Waals surface area contributed by atoms with Crippen LogP contribution < -0.4 is 4.74 Å². The molecule has 0 aromatic heterocycles. The number of hydrogen-bond acceptors (Lipinski definition) is 2. The van der Waals surface area contributed by atoms with Gasteiger partial charge >= 0.3 is 5.97 Å². The lowest BCUT2D eigenvalue weighted by atomic mass is 10.0. The van der Waals surface area contributed by atoms with Gasteiger partial charge in [-0.25, -0.2) is 9.18 Å². The topological polar surface area (TPSA) is 46.5 Å². The largest absolute Gasteiger partial charge is 0.496 e. The summed E-state index contributed by atoms with van der Waals surface area (Å²) in [6.07, 6.45) is 0. The van der Waals surface area contributed by atoms with Crippen molar-refractivity contribution in [2.45, 2.75) is 0 Å². The van der Waals surface area contributed by atoms with E-state index in [9.17, 15) is 9.18 Å². The maximum Gasteiger partial charge on any atom is 0.335 e. The number of carboxylic acid groups (broad SMARTS) is 1. The van der Waals surface area contributed by atoms with Crippen molar-refractivity contribution in [3.8, 4) is 16.9 Å². The molecule has 0 unspecified atom stereocenters. The van der Waals surface area contributed by atoms with Crippen molar-refractivity contribution in [1.82, 2.24) is 0 Å². The molecule has 92 valence electrons. The van der Waals surface area contributed by atoms with Crippen LogP contribution in [0.2, 0.25) is 0 Å². The summed E-state index contributed by atoms with van der Waals surface area (Å²) in [5.74, 6) is -1.18. The molecule has 0 saturated carbocycles. The highest BCUT2D eigenvalue weighted by Gasteiger charge is 2.11. The normalized spacial score (nSPS) is 10.1. The third kappa shape index (κ3) is 2.32. The molecule has 18 heavy (non-hydrogen) atoms. The van der Waals surface area contributed by atoms with Crippen molar-refractivity contribution in [3.05, 3.63) is 53.8 Å². The van der Waals surface area contributed by atoms with E-state index in [2.05, 4.69) is 0 Å². The molecular weight excluding hydrogens is 235 g/mol. The fraction of sp³-hybridized carbons (Fsp3) is 0.0714. The minimum Gasteiger partial charge on any atom is -0.496 e. The van der Waals surface area contributed by atoms with Gasteiger partial charge in [-0.15, -0.1) is 0 Å². The SMILES string of the molecule is COc1ccccc1-c1cc(F)cc(C(=O)O)c1. The van der Waals surface area contributed by atoms with E-state index >= 15 is 0 Å². The highest BCUT2D eigenvalue weighted by Crippen LogP contribution is 2.30. The van der Waals surface area contributed by atoms with Crippen LogP contribution in [-0.4, -0.2) is 18.2 Å². The number of carbonyl (C=O) groups is 1. The van der Waals surface area contributed by atoms with Gasteiger partial charge in [-0.05, 0) is 29.8 Å². The maximum absolute atomic E-state index is 13.4. The van der Waals surface area contributed by atoms with Gasteiger partial charge in [0.1, 0.15) is 11.6 Å². The van der Waals surface area contributed by atoms with Crippen molar-refractivity contribution in [3.63, 3.8) is 0 Å². The highest BCUT2D eigenvalue weighted by molar-refractivity contribution is 5.89. The Morgan fingerprint density at radius 1 is 1.22 bits per heavy atom. The van der Waals surface area contributed by atoms with Gasteiger partial charge < -0.3 is 9.84 Å². The lowest BCUT2D eigenvalue weighted by molar-refractivity contribution is 0.0696. The third-order valence-corrected chi connectivity index (χ3v) is 2.56. The molecule has 0 aliphatic heterocycles. The summed E-state index contributed by atoms with van der Waals surface area (Å²) in [6, 6.07) is 10.7. The standard InChI is InChI=1S/C14H11FO3/c1-18-13-5-3-2-4-12(13)9-6-10(14(16)17)8-11(15)7-9/h2-8H,1H3,(H,16,17). The first-order valence-electron chi connectivity index (χ1n) is 5.29. The summed E-state index contributed by atoms with van der Waals surface area (Å²) in [6.45, 7) is 0. The average Bonchev–Trinajstić information content (AvgIpc) is 2.38. The molecule has 0 aliphatic rings. The van der Waals surface area contributed by atoms with Gasteiger partial charge in [0.15, 0.2) is 0 Å². The first-order valence-corrected chi connectivity index (χ1v) is 5.29. The van der Waals surface area contributed by atoms with E-state index < -0.39 is 11.8 Å². The quantitative estimate of drug-likeness (QED) is 0.904. The molecule has 0 radical (unpaired) electrons. The molecule has 1 N–H and O–H groups in total. The zero-order valence-corrected chi connectivity index (χ0v) is 9.68. The average molecular weight is 246 g/mol. The molecule has 0 aliphatic carbocycles. The molecular formula is C14H11FO3. The van der Waals surface area contributed by atoms with Crippen molar-refractivity contribution < 1.29 is 19.0 Å². The lowest BCUT2D eigenvalue weighted by Crippen LogP contribution is -1.98. The second kappa shape index (κ2) is 4.87. The molecule has 2 aromatic carbocycles. The summed E-state index contributed by atoms with van der Waals surface area (Å²) in [5.41, 5.74) is 1.04. The van der Waals surface area contributed by atoms with Gasteiger partial charge in [0.25, 0.3) is 0 Å². The zero-order valence-electron chi connectivity index (χ0n) is 9.68. The van der Waals surface area contributed by atoms with E-state index in [1.54, 1.807) is 24.3 Å². The fourth-order valence-electron chi connectivity index (χ4n) is 1.75. The Hall–Kier alpha value is -2.36. The molecule has 3 nitrogen and oxygen atoms in total. The molecule has 0 amide bonds. The number of ether oxygens (including phenoxy) is 1. The van der Waals surface area contributed by atoms with E-state index in [0.29, 0.717) is 16.9 Å². The Morgan fingerprint density at radius 3 is 2.61 bits per heavy atom. The Bertz CT molecular complexity index is 593. The number of halogens is 1. The summed E-state index contributed by atoms with van der Waals surface area (Å²) in [7, 11) is 1.51. The van der Waals surface area contributed by atoms with Crippen molar-refractivity contribution >= 4 is 5.97 Å². The second-order valence-corrected chi connectivity index (χ2v) is 3.73. The number of carboxylic acids is 1. The van der Waals surface area contributed by atoms with Crippen molar-refractivity contribution in [1.29, 1.82) is 0 Å². The van der Waals surface area contributed by atoms with Crippen molar-refractivity contribution in [2.75, 3.05) is 7.11 Å². The predicted molar refractivity (Wildman–Crippen MR) is 65.3 cm³/mol. The van der Waals surface area contributed by atoms with E-state index in [1.165, 1.54) is 19.2 Å². The van der Waals surface area contributed by atoms with Crippen LogP contribution in [0.1, 0.15) is 10.4 Å². The number of benzene rings is 2. The molecule has 0 spiro atoms. The van der Waals surface area contributed by atoms with Crippen LogP contribution in [0.3, 0.4) is 0 Å². The molecule has 0 atom stereocenters. The second-order valence-electron chi connectivity index (χ2n) is 3.73. The Morgan fingerprint density at radius 2 is 1.94 bits per heavy atom. The summed E-state index contributed by atoms with van der Waals surface area (Å²) < 4.78 is 18.6. The predicted octanol–water partition coefficient (Wildman–Crippen LogP) is 3.20. The van der Waals surface area contributed by atoms with Gasteiger partial charge in [-0.2, -0.15) is 0 Å². The highest BCUT2D eigenvalue weighted by atomic mass is 19.1. The zero-order chi connectivity index (χ0) is 13.1. The lowest BCUT2D eigenvalue weighted by Gasteiger charge is -2.09. The molecule has 0 bridgehead atoms. The number of aromatic carboxylic acids is 1. The fourth-order valence-corrected chi connectivity index (χ4v) is 1.75. The minimum absolute atomic E-state index is 0.0871. The van der Waals surface area contributed by atoms with Gasteiger partial charge in [0.05, 0.1) is 12.7 Å². The Labute approximate surface area is 103 Å². The van der Waals surface area contributed by atoms with E-state index in [-0.39, 0.29) is 5.56 Å². The van der Waals surface area contributed by atoms with Crippen LogP contribution in [0.15, 0.2) is 42.5 Å². The van der Waals surface area contributed by atoms with Crippen LogP contribution in [0.4, 0.5) is 4.39 Å². The summed E-state index contributed by atoms with van der Waals surface area (Å²) >= 11 is 0. The van der Waals surface area contributed by atoms with E-state index in [4.69, 9.17) is 9.84 Å². The Kier molecular flexibility index (Phi) is 3.28. The van der Waals surface area contributed by atoms with Gasteiger partial charge in [0, 0.05) is 5.56 Å². The smallest absolute Gasteiger partial charge is 0.335 e. The molecule has 0 saturated heterocycles.